The molecule has 3 rings (SSSR count). The van der Waals surface area contributed by atoms with E-state index >= 15 is 0 Å². The molecule has 1 aliphatic heterocycles. The number of phenols is 1. The lowest BCUT2D eigenvalue weighted by Crippen LogP contribution is -2.58. The first-order chi connectivity index (χ1) is 13.6. The Bertz CT molecular complexity index is 979. The third kappa shape index (κ3) is 4.44. The molecule has 0 bridgehead atoms. The molecule has 1 aliphatic rings. The zero-order valence-electron chi connectivity index (χ0n) is 16.6. The summed E-state index contributed by atoms with van der Waals surface area (Å²) in [5.74, 6) is -0.218. The van der Waals surface area contributed by atoms with Gasteiger partial charge in [0, 0.05) is 18.8 Å². The Morgan fingerprint density at radius 3 is 2.24 bits per heavy atom. The molecular weight excluding hydrogens is 390 g/mol. The Morgan fingerprint density at radius 1 is 1.10 bits per heavy atom. The molecule has 1 amide bonds. The highest BCUT2D eigenvalue weighted by Gasteiger charge is 2.41. The summed E-state index contributed by atoms with van der Waals surface area (Å²) in [6, 6.07) is 13.4. The largest absolute Gasteiger partial charge is 0.507 e. The number of carbonyl (C=O) groups is 1. The Hall–Kier alpha value is -2.42. The maximum atomic E-state index is 12.8. The van der Waals surface area contributed by atoms with Crippen LogP contribution in [0.2, 0.25) is 0 Å². The number of rotatable bonds is 5. The molecule has 1 saturated heterocycles. The van der Waals surface area contributed by atoms with E-state index in [0.717, 1.165) is 0 Å². The van der Waals surface area contributed by atoms with Crippen molar-refractivity contribution in [1.82, 2.24) is 4.31 Å². The van der Waals surface area contributed by atoms with Gasteiger partial charge in [-0.3, -0.25) is 4.79 Å². The van der Waals surface area contributed by atoms with Crippen molar-refractivity contribution in [3.63, 3.8) is 0 Å². The van der Waals surface area contributed by atoms with Crippen LogP contribution in [0.1, 0.15) is 38.2 Å². The van der Waals surface area contributed by atoms with Crippen molar-refractivity contribution in [2.75, 3.05) is 18.4 Å². The second kappa shape index (κ2) is 8.14. The monoisotopic (exact) mass is 417 g/mol. The molecule has 2 aromatic rings. The SMILES string of the molecule is CC(C)c1ccc(NC(=O)C2(N)CCN(S(=O)(=O)c3ccccc3O)CC2)cc1. The smallest absolute Gasteiger partial charge is 0.246 e. The number of hydrogen-bond acceptors (Lipinski definition) is 5. The van der Waals surface area contributed by atoms with Crippen LogP contribution < -0.4 is 11.1 Å². The van der Waals surface area contributed by atoms with Crippen LogP contribution in [0, 0.1) is 0 Å². The highest BCUT2D eigenvalue weighted by molar-refractivity contribution is 7.89. The lowest BCUT2D eigenvalue weighted by Gasteiger charge is -2.37. The van der Waals surface area contributed by atoms with Gasteiger partial charge in [-0.05, 0) is 48.6 Å². The van der Waals surface area contributed by atoms with Gasteiger partial charge in [-0.1, -0.05) is 38.1 Å². The fourth-order valence-electron chi connectivity index (χ4n) is 3.37. The molecule has 0 unspecified atom stereocenters. The second-order valence-corrected chi connectivity index (χ2v) is 9.67. The normalized spacial score (nSPS) is 17.2. The van der Waals surface area contributed by atoms with Crippen molar-refractivity contribution in [2.24, 2.45) is 5.73 Å². The van der Waals surface area contributed by atoms with Crippen LogP contribution in [0.25, 0.3) is 0 Å². The van der Waals surface area contributed by atoms with Gasteiger partial charge in [0.1, 0.15) is 10.6 Å². The summed E-state index contributed by atoms with van der Waals surface area (Å²) in [5, 5.41) is 12.7. The summed E-state index contributed by atoms with van der Waals surface area (Å²) in [6.07, 6.45) is 0.380. The van der Waals surface area contributed by atoms with Gasteiger partial charge in [0.15, 0.2) is 0 Å². The Kier molecular flexibility index (Phi) is 5.97. The van der Waals surface area contributed by atoms with E-state index in [1.165, 1.54) is 22.0 Å². The number of piperidine rings is 1. The zero-order chi connectivity index (χ0) is 21.2. The van der Waals surface area contributed by atoms with Crippen LogP contribution in [-0.4, -0.2) is 42.4 Å². The number of hydrogen-bond donors (Lipinski definition) is 3. The third-order valence-electron chi connectivity index (χ3n) is 5.39. The molecule has 0 aliphatic carbocycles. The fourth-order valence-corrected chi connectivity index (χ4v) is 4.90. The summed E-state index contributed by atoms with van der Waals surface area (Å²) in [4.78, 5) is 12.6. The molecule has 7 nitrogen and oxygen atoms in total. The van der Waals surface area contributed by atoms with Gasteiger partial charge in [0.2, 0.25) is 15.9 Å². The first-order valence-corrected chi connectivity index (χ1v) is 11.1. The maximum Gasteiger partial charge on any atom is 0.246 e. The minimum Gasteiger partial charge on any atom is -0.507 e. The van der Waals surface area contributed by atoms with Crippen LogP contribution in [0.4, 0.5) is 5.69 Å². The van der Waals surface area contributed by atoms with Crippen molar-refractivity contribution < 1.29 is 18.3 Å². The number of phenolic OH excluding ortho intramolecular Hbond substituents is 1. The minimum atomic E-state index is -3.84. The van der Waals surface area contributed by atoms with E-state index < -0.39 is 15.6 Å². The number of benzene rings is 2. The van der Waals surface area contributed by atoms with Crippen LogP contribution in [0.3, 0.4) is 0 Å². The molecule has 0 spiro atoms. The van der Waals surface area contributed by atoms with E-state index in [-0.39, 0.29) is 42.5 Å². The minimum absolute atomic E-state index is 0.104. The molecule has 0 radical (unpaired) electrons. The summed E-state index contributed by atoms with van der Waals surface area (Å²) >= 11 is 0. The van der Waals surface area contributed by atoms with Crippen LogP contribution in [0.15, 0.2) is 53.4 Å². The molecule has 0 atom stereocenters. The number of carbonyl (C=O) groups excluding carboxylic acids is 1. The molecule has 156 valence electrons. The molecular formula is C21H27N3O4S. The molecule has 2 aromatic carbocycles. The lowest BCUT2D eigenvalue weighted by molar-refractivity contribution is -0.122. The number of anilines is 1. The summed E-state index contributed by atoms with van der Waals surface area (Å²) < 4.78 is 26.8. The van der Waals surface area contributed by atoms with E-state index in [0.29, 0.717) is 11.6 Å². The van der Waals surface area contributed by atoms with Gasteiger partial charge in [0.25, 0.3) is 0 Å². The molecule has 29 heavy (non-hydrogen) atoms. The second-order valence-electron chi connectivity index (χ2n) is 7.76. The number of aromatic hydroxyl groups is 1. The molecule has 1 fully saturated rings. The van der Waals surface area contributed by atoms with Crippen LogP contribution >= 0.6 is 0 Å². The number of nitrogens with two attached hydrogens (primary N) is 1. The highest BCUT2D eigenvalue weighted by Crippen LogP contribution is 2.30. The van der Waals surface area contributed by atoms with Gasteiger partial charge in [-0.2, -0.15) is 4.31 Å². The number of nitrogens with zero attached hydrogens (tertiary/aromatic N) is 1. The summed E-state index contributed by atoms with van der Waals surface area (Å²) in [5.41, 5.74) is 7.00. The Labute approximate surface area is 171 Å². The van der Waals surface area contributed by atoms with Gasteiger partial charge in [-0.25, -0.2) is 8.42 Å². The van der Waals surface area contributed by atoms with Gasteiger partial charge in [0.05, 0.1) is 5.54 Å². The van der Waals surface area contributed by atoms with Crippen molar-refractivity contribution in [3.05, 3.63) is 54.1 Å². The van der Waals surface area contributed by atoms with Crippen molar-refractivity contribution in [3.8, 4) is 5.75 Å². The molecule has 0 aromatic heterocycles. The molecule has 0 saturated carbocycles. The van der Waals surface area contributed by atoms with Crippen molar-refractivity contribution in [2.45, 2.75) is 43.0 Å². The van der Waals surface area contributed by atoms with Crippen molar-refractivity contribution >= 4 is 21.6 Å². The van der Waals surface area contributed by atoms with Crippen LogP contribution in [0.5, 0.6) is 5.75 Å². The van der Waals surface area contributed by atoms with Gasteiger partial charge in [-0.15, -0.1) is 0 Å². The Morgan fingerprint density at radius 2 is 1.69 bits per heavy atom. The average molecular weight is 418 g/mol. The van der Waals surface area contributed by atoms with E-state index in [1.807, 2.05) is 24.3 Å². The number of amides is 1. The molecule has 1 heterocycles. The summed E-state index contributed by atoms with van der Waals surface area (Å²) in [6.45, 7) is 4.40. The summed E-state index contributed by atoms with van der Waals surface area (Å²) in [7, 11) is -3.84. The van der Waals surface area contributed by atoms with Crippen LogP contribution in [-0.2, 0) is 14.8 Å². The maximum absolute atomic E-state index is 12.8. The molecule has 8 heteroatoms. The first kappa shape index (κ1) is 21.3. The fraction of sp³-hybridized carbons (Fsp3) is 0.381. The quantitative estimate of drug-likeness (QED) is 0.692. The first-order valence-electron chi connectivity index (χ1n) is 9.62. The lowest BCUT2D eigenvalue weighted by atomic mass is 9.88. The van der Waals surface area contributed by atoms with E-state index in [1.54, 1.807) is 12.1 Å². The number of para-hydroxylation sites is 1. The third-order valence-corrected chi connectivity index (χ3v) is 7.33. The van der Waals surface area contributed by atoms with Crippen molar-refractivity contribution in [1.29, 1.82) is 0 Å². The Balaban J connectivity index is 1.67. The number of sulfonamides is 1. The van der Waals surface area contributed by atoms with E-state index in [9.17, 15) is 18.3 Å². The average Bonchev–Trinajstić information content (AvgIpc) is 2.69. The van der Waals surface area contributed by atoms with E-state index in [4.69, 9.17) is 5.73 Å². The topological polar surface area (TPSA) is 113 Å². The van der Waals surface area contributed by atoms with Gasteiger partial charge >= 0.3 is 0 Å². The van der Waals surface area contributed by atoms with Gasteiger partial charge < -0.3 is 16.2 Å². The molecule has 4 N–H and O–H groups in total. The predicted molar refractivity (Wildman–Crippen MR) is 112 cm³/mol. The number of nitrogens with one attached hydrogen (secondary N) is 1. The highest BCUT2D eigenvalue weighted by atomic mass is 32.2. The van der Waals surface area contributed by atoms with E-state index in [2.05, 4.69) is 19.2 Å². The predicted octanol–water partition coefficient (Wildman–Crippen LogP) is 2.64. The zero-order valence-corrected chi connectivity index (χ0v) is 17.4. The standard InChI is InChI=1S/C21H27N3O4S/c1-15(2)16-7-9-17(10-8-16)23-20(26)21(22)11-13-24(14-12-21)29(27,28)19-6-4-3-5-18(19)25/h3-10,15,25H,11-14,22H2,1-2H3,(H,23,26).